The molecule has 1 saturated carbocycles. The van der Waals surface area contributed by atoms with Crippen LogP contribution in [0.5, 0.6) is 0 Å². The third kappa shape index (κ3) is 3.80. The summed E-state index contributed by atoms with van der Waals surface area (Å²) in [6, 6.07) is 7.21. The second-order valence-corrected chi connectivity index (χ2v) is 9.59. The van der Waals surface area contributed by atoms with Crippen molar-refractivity contribution >= 4 is 17.0 Å². The Morgan fingerprint density at radius 3 is 2.56 bits per heavy atom. The Labute approximate surface area is 188 Å². The molecule has 5 rings (SSSR count). The van der Waals surface area contributed by atoms with Crippen molar-refractivity contribution in [3.8, 4) is 21.8 Å². The van der Waals surface area contributed by atoms with E-state index >= 15 is 0 Å². The number of halogens is 2. The normalized spacial score (nSPS) is 19.2. The van der Waals surface area contributed by atoms with E-state index in [0.29, 0.717) is 17.0 Å². The van der Waals surface area contributed by atoms with Crippen molar-refractivity contribution in [2.75, 3.05) is 0 Å². The smallest absolute Gasteiger partial charge is 0.177 e. The standard InChI is InChI=1S/C23H23F2N5OS/c1-12(2)22-28-27-19-10-9-18(29-30(19)22)21-20(16-8-5-14(24)11-17(16)25)26-23(32-21)13-3-6-15(31)7-4-13/h5,8-13,15,31H,3-4,6-7H2,1-2H3. The number of aliphatic hydroxyl groups is 1. The summed E-state index contributed by atoms with van der Waals surface area (Å²) in [5.74, 6) is -0.218. The molecular weight excluding hydrogens is 432 g/mol. The van der Waals surface area contributed by atoms with Gasteiger partial charge in [0, 0.05) is 23.5 Å². The third-order valence-corrected chi connectivity index (χ3v) is 7.15. The molecule has 1 aliphatic rings. The second kappa shape index (κ2) is 8.29. The predicted molar refractivity (Wildman–Crippen MR) is 119 cm³/mol. The first kappa shape index (κ1) is 21.1. The number of aromatic nitrogens is 5. The van der Waals surface area contributed by atoms with Crippen LogP contribution < -0.4 is 0 Å². The lowest BCUT2D eigenvalue weighted by Crippen LogP contribution is -2.16. The van der Waals surface area contributed by atoms with Crippen LogP contribution in [-0.2, 0) is 0 Å². The number of fused-ring (bicyclic) bond motifs is 1. The Bertz CT molecular complexity index is 1280. The molecule has 3 aromatic heterocycles. The largest absolute Gasteiger partial charge is 0.393 e. The fourth-order valence-electron chi connectivity index (χ4n) is 4.16. The van der Waals surface area contributed by atoms with Crippen LogP contribution in [0, 0.1) is 11.6 Å². The predicted octanol–water partition coefficient (Wildman–Crippen LogP) is 5.33. The molecule has 1 aliphatic carbocycles. The Morgan fingerprint density at radius 2 is 1.84 bits per heavy atom. The van der Waals surface area contributed by atoms with Gasteiger partial charge < -0.3 is 5.11 Å². The average Bonchev–Trinajstić information content (AvgIpc) is 3.38. The first-order valence-electron chi connectivity index (χ1n) is 10.8. The van der Waals surface area contributed by atoms with Crippen molar-refractivity contribution in [3.05, 3.63) is 52.8 Å². The summed E-state index contributed by atoms with van der Waals surface area (Å²) in [4.78, 5) is 5.54. The Kier molecular flexibility index (Phi) is 5.46. The molecule has 9 heteroatoms. The first-order chi connectivity index (χ1) is 15.4. The summed E-state index contributed by atoms with van der Waals surface area (Å²) in [5, 5.41) is 23.9. The van der Waals surface area contributed by atoms with Gasteiger partial charge in [0.15, 0.2) is 11.5 Å². The molecule has 0 spiro atoms. The van der Waals surface area contributed by atoms with Crippen molar-refractivity contribution < 1.29 is 13.9 Å². The Morgan fingerprint density at radius 1 is 1.06 bits per heavy atom. The van der Waals surface area contributed by atoms with Gasteiger partial charge in [-0.1, -0.05) is 13.8 Å². The van der Waals surface area contributed by atoms with Crippen molar-refractivity contribution in [1.82, 2.24) is 24.8 Å². The third-order valence-electron chi connectivity index (χ3n) is 5.91. The van der Waals surface area contributed by atoms with Crippen molar-refractivity contribution in [1.29, 1.82) is 0 Å². The molecule has 0 amide bonds. The topological polar surface area (TPSA) is 76.2 Å². The number of nitrogens with zero attached hydrogens (tertiary/aromatic N) is 5. The molecule has 4 aromatic rings. The van der Waals surface area contributed by atoms with Gasteiger partial charge in [0.05, 0.1) is 21.7 Å². The zero-order chi connectivity index (χ0) is 22.4. The van der Waals surface area contributed by atoms with Crippen LogP contribution in [0.2, 0.25) is 0 Å². The number of hydrogen-bond acceptors (Lipinski definition) is 6. The second-order valence-electron chi connectivity index (χ2n) is 8.56. The van der Waals surface area contributed by atoms with E-state index in [1.165, 1.54) is 23.5 Å². The van der Waals surface area contributed by atoms with E-state index in [1.54, 1.807) is 4.52 Å². The molecule has 6 nitrogen and oxygen atoms in total. The quantitative estimate of drug-likeness (QED) is 0.450. The average molecular weight is 456 g/mol. The molecule has 0 radical (unpaired) electrons. The van der Waals surface area contributed by atoms with Gasteiger partial charge in [0.1, 0.15) is 17.3 Å². The molecule has 1 fully saturated rings. The highest BCUT2D eigenvalue weighted by atomic mass is 32.1. The van der Waals surface area contributed by atoms with Gasteiger partial charge in [-0.15, -0.1) is 21.5 Å². The molecular formula is C23H23F2N5OS. The highest BCUT2D eigenvalue weighted by Gasteiger charge is 2.27. The lowest BCUT2D eigenvalue weighted by molar-refractivity contribution is 0.122. The van der Waals surface area contributed by atoms with Crippen LogP contribution in [0.25, 0.3) is 27.5 Å². The summed E-state index contributed by atoms with van der Waals surface area (Å²) in [6.45, 7) is 4.04. The summed E-state index contributed by atoms with van der Waals surface area (Å²) in [5.41, 5.74) is 1.98. The minimum atomic E-state index is -0.657. The zero-order valence-corrected chi connectivity index (χ0v) is 18.6. The molecule has 166 valence electrons. The van der Waals surface area contributed by atoms with E-state index < -0.39 is 11.6 Å². The van der Waals surface area contributed by atoms with E-state index in [1.807, 2.05) is 26.0 Å². The first-order valence-corrected chi connectivity index (χ1v) is 11.6. The molecule has 0 aliphatic heterocycles. The summed E-state index contributed by atoms with van der Waals surface area (Å²) in [6.07, 6.45) is 2.83. The van der Waals surface area contributed by atoms with E-state index in [-0.39, 0.29) is 23.5 Å². The molecule has 0 bridgehead atoms. The SMILES string of the molecule is CC(C)c1nnc2ccc(-c3sc(C4CCC(O)CC4)nc3-c3ccc(F)cc3F)nn12. The molecule has 32 heavy (non-hydrogen) atoms. The van der Waals surface area contributed by atoms with E-state index in [2.05, 4.69) is 10.2 Å². The van der Waals surface area contributed by atoms with Crippen LogP contribution in [0.4, 0.5) is 8.78 Å². The van der Waals surface area contributed by atoms with Gasteiger partial charge in [-0.3, -0.25) is 0 Å². The zero-order valence-electron chi connectivity index (χ0n) is 17.8. The maximum absolute atomic E-state index is 14.8. The van der Waals surface area contributed by atoms with Crippen LogP contribution >= 0.6 is 11.3 Å². The van der Waals surface area contributed by atoms with Gasteiger partial charge in [0.2, 0.25) is 0 Å². The number of thiazole rings is 1. The van der Waals surface area contributed by atoms with Gasteiger partial charge in [-0.2, -0.15) is 9.61 Å². The van der Waals surface area contributed by atoms with Gasteiger partial charge in [-0.05, 0) is 49.9 Å². The van der Waals surface area contributed by atoms with Gasteiger partial charge in [-0.25, -0.2) is 13.8 Å². The minimum Gasteiger partial charge on any atom is -0.393 e. The highest BCUT2D eigenvalue weighted by molar-refractivity contribution is 7.15. The molecule has 1 N–H and O–H groups in total. The number of aliphatic hydroxyl groups excluding tert-OH is 1. The van der Waals surface area contributed by atoms with Crippen LogP contribution in [0.15, 0.2) is 30.3 Å². The molecule has 3 heterocycles. The number of hydrogen-bond donors (Lipinski definition) is 1. The van der Waals surface area contributed by atoms with Crippen molar-refractivity contribution in [2.45, 2.75) is 57.5 Å². The van der Waals surface area contributed by atoms with Gasteiger partial charge >= 0.3 is 0 Å². The monoisotopic (exact) mass is 455 g/mol. The van der Waals surface area contributed by atoms with Crippen molar-refractivity contribution in [3.63, 3.8) is 0 Å². The van der Waals surface area contributed by atoms with E-state index in [9.17, 15) is 13.9 Å². The van der Waals surface area contributed by atoms with Crippen molar-refractivity contribution in [2.24, 2.45) is 0 Å². The highest BCUT2D eigenvalue weighted by Crippen LogP contribution is 2.43. The van der Waals surface area contributed by atoms with Crippen LogP contribution in [0.3, 0.4) is 0 Å². The van der Waals surface area contributed by atoms with E-state index in [4.69, 9.17) is 10.1 Å². The summed E-state index contributed by atoms with van der Waals surface area (Å²) in [7, 11) is 0. The molecule has 0 unspecified atom stereocenters. The fraction of sp³-hybridized carbons (Fsp3) is 0.391. The maximum atomic E-state index is 14.8. The lowest BCUT2D eigenvalue weighted by atomic mass is 9.88. The molecule has 1 aromatic carbocycles. The lowest BCUT2D eigenvalue weighted by Gasteiger charge is -2.23. The minimum absolute atomic E-state index is 0.132. The van der Waals surface area contributed by atoms with E-state index in [0.717, 1.165) is 47.5 Å². The fourth-order valence-corrected chi connectivity index (χ4v) is 5.37. The molecule has 0 atom stereocenters. The van der Waals surface area contributed by atoms with Gasteiger partial charge in [0.25, 0.3) is 0 Å². The Balaban J connectivity index is 1.66. The van der Waals surface area contributed by atoms with Crippen LogP contribution in [-0.4, -0.2) is 36.0 Å². The maximum Gasteiger partial charge on any atom is 0.177 e. The molecule has 0 saturated heterocycles. The number of rotatable bonds is 4. The number of benzene rings is 1. The summed E-state index contributed by atoms with van der Waals surface area (Å²) >= 11 is 1.48. The van der Waals surface area contributed by atoms with Crippen LogP contribution in [0.1, 0.15) is 62.2 Å². The summed E-state index contributed by atoms with van der Waals surface area (Å²) < 4.78 is 30.0. The Hall–Kier alpha value is -2.78.